The maximum absolute atomic E-state index is 10.1. The molecule has 116 valence electrons. The van der Waals surface area contributed by atoms with Gasteiger partial charge in [-0.1, -0.05) is 56.3 Å². The summed E-state index contributed by atoms with van der Waals surface area (Å²) in [5.41, 5.74) is 3.11. The maximum Gasteiger partial charge on any atom is 0.170 e. The highest BCUT2D eigenvalue weighted by Crippen LogP contribution is 2.17. The third-order valence-electron chi connectivity index (χ3n) is 3.48. The van der Waals surface area contributed by atoms with Gasteiger partial charge in [0.2, 0.25) is 0 Å². The molecule has 4 heteroatoms. The van der Waals surface area contributed by atoms with Crippen LogP contribution in [0.5, 0.6) is 0 Å². The first-order chi connectivity index (χ1) is 10.6. The van der Waals surface area contributed by atoms with E-state index >= 15 is 0 Å². The number of rotatable bonds is 5. The third-order valence-corrected chi connectivity index (χ3v) is 3.72. The van der Waals surface area contributed by atoms with Crippen LogP contribution < -0.4 is 10.6 Å². The Bertz CT molecular complexity index is 596. The van der Waals surface area contributed by atoms with Crippen molar-refractivity contribution in [3.8, 4) is 0 Å². The summed E-state index contributed by atoms with van der Waals surface area (Å²) in [7, 11) is 0. The molecule has 0 unspecified atom stereocenters. The van der Waals surface area contributed by atoms with Gasteiger partial charge in [-0.3, -0.25) is 0 Å². The molecule has 22 heavy (non-hydrogen) atoms. The maximum atomic E-state index is 10.1. The Morgan fingerprint density at radius 3 is 2.23 bits per heavy atom. The first-order valence-corrected chi connectivity index (χ1v) is 7.85. The number of hydrogen-bond acceptors (Lipinski definition) is 2. The number of benzene rings is 2. The summed E-state index contributed by atoms with van der Waals surface area (Å²) in [6.45, 7) is 4.71. The minimum absolute atomic E-state index is 0.375. The zero-order chi connectivity index (χ0) is 15.9. The molecule has 3 nitrogen and oxygen atoms in total. The largest absolute Gasteiger partial charge is 0.387 e. The lowest BCUT2D eigenvalue weighted by molar-refractivity contribution is 0.181. The molecule has 0 aromatic heterocycles. The van der Waals surface area contributed by atoms with Crippen LogP contribution in [0.1, 0.15) is 37.0 Å². The number of nitrogens with one attached hydrogen (secondary N) is 2. The zero-order valence-corrected chi connectivity index (χ0v) is 13.7. The van der Waals surface area contributed by atoms with Crippen molar-refractivity contribution in [2.45, 2.75) is 25.9 Å². The number of hydrogen-bond donors (Lipinski definition) is 3. The molecule has 0 amide bonds. The molecule has 0 aliphatic carbocycles. The van der Waals surface area contributed by atoms with Crippen molar-refractivity contribution in [1.82, 2.24) is 5.32 Å². The Kier molecular flexibility index (Phi) is 5.92. The van der Waals surface area contributed by atoms with Crippen LogP contribution in [0.2, 0.25) is 0 Å². The highest BCUT2D eigenvalue weighted by molar-refractivity contribution is 7.80. The Labute approximate surface area is 137 Å². The van der Waals surface area contributed by atoms with Crippen LogP contribution in [0.4, 0.5) is 5.69 Å². The molecule has 3 N–H and O–H groups in total. The summed E-state index contributed by atoms with van der Waals surface area (Å²) < 4.78 is 0. The Morgan fingerprint density at radius 2 is 1.64 bits per heavy atom. The van der Waals surface area contributed by atoms with E-state index in [1.54, 1.807) is 0 Å². The first kappa shape index (κ1) is 16.5. The normalized spacial score (nSPS) is 12.0. The summed E-state index contributed by atoms with van der Waals surface area (Å²) in [6.07, 6.45) is -0.579. The molecule has 0 saturated carbocycles. The predicted octanol–water partition coefficient (Wildman–Crippen LogP) is 3.83. The van der Waals surface area contributed by atoms with Gasteiger partial charge in [0.25, 0.3) is 0 Å². The van der Waals surface area contributed by atoms with E-state index in [9.17, 15) is 5.11 Å². The van der Waals surface area contributed by atoms with Crippen LogP contribution in [0.3, 0.4) is 0 Å². The molecule has 1 atom stereocenters. The van der Waals surface area contributed by atoms with Crippen molar-refractivity contribution < 1.29 is 5.11 Å². The first-order valence-electron chi connectivity index (χ1n) is 7.44. The smallest absolute Gasteiger partial charge is 0.170 e. The van der Waals surface area contributed by atoms with E-state index in [0.29, 0.717) is 17.6 Å². The number of aliphatic hydroxyl groups is 1. The predicted molar refractivity (Wildman–Crippen MR) is 96.2 cm³/mol. The van der Waals surface area contributed by atoms with Gasteiger partial charge in [-0.15, -0.1) is 0 Å². The fourth-order valence-corrected chi connectivity index (χ4v) is 2.31. The zero-order valence-electron chi connectivity index (χ0n) is 12.9. The molecule has 2 rings (SSSR count). The van der Waals surface area contributed by atoms with E-state index in [0.717, 1.165) is 11.3 Å². The summed E-state index contributed by atoms with van der Waals surface area (Å²) in [5, 5.41) is 16.8. The average Bonchev–Trinajstić information content (AvgIpc) is 2.54. The summed E-state index contributed by atoms with van der Waals surface area (Å²) in [6, 6.07) is 17.7. The molecular weight excluding hydrogens is 292 g/mol. The van der Waals surface area contributed by atoms with Gasteiger partial charge in [0.1, 0.15) is 0 Å². The van der Waals surface area contributed by atoms with Crippen LogP contribution >= 0.6 is 12.2 Å². The van der Waals surface area contributed by atoms with Crippen molar-refractivity contribution in [3.63, 3.8) is 0 Å². The molecule has 0 spiro atoms. The fourth-order valence-electron chi connectivity index (χ4n) is 2.11. The molecule has 0 saturated heterocycles. The van der Waals surface area contributed by atoms with E-state index in [-0.39, 0.29) is 0 Å². The summed E-state index contributed by atoms with van der Waals surface area (Å²) in [4.78, 5) is 0. The molecule has 0 heterocycles. The lowest BCUT2D eigenvalue weighted by atomic mass is 10.0. The minimum Gasteiger partial charge on any atom is -0.387 e. The SMILES string of the molecule is CC(C)c1ccc(NC(=S)NC[C@H](O)c2ccccc2)cc1. The van der Waals surface area contributed by atoms with E-state index in [4.69, 9.17) is 12.2 Å². The van der Waals surface area contributed by atoms with Gasteiger partial charge < -0.3 is 15.7 Å². The second kappa shape index (κ2) is 7.92. The van der Waals surface area contributed by atoms with E-state index in [1.165, 1.54) is 5.56 Å². The number of anilines is 1. The van der Waals surface area contributed by atoms with Gasteiger partial charge in [-0.05, 0) is 41.4 Å². The van der Waals surface area contributed by atoms with Crippen LogP contribution in [-0.4, -0.2) is 16.8 Å². The topological polar surface area (TPSA) is 44.3 Å². The third kappa shape index (κ3) is 4.83. The van der Waals surface area contributed by atoms with Crippen molar-refractivity contribution in [2.75, 3.05) is 11.9 Å². The van der Waals surface area contributed by atoms with Crippen LogP contribution in [0.25, 0.3) is 0 Å². The van der Waals surface area contributed by atoms with Crippen LogP contribution in [0.15, 0.2) is 54.6 Å². The molecule has 0 radical (unpaired) electrons. The van der Waals surface area contributed by atoms with Crippen molar-refractivity contribution in [1.29, 1.82) is 0 Å². The molecule has 0 aliphatic heterocycles. The van der Waals surface area contributed by atoms with E-state index in [2.05, 4.69) is 36.6 Å². The van der Waals surface area contributed by atoms with Gasteiger partial charge in [0.15, 0.2) is 5.11 Å². The highest BCUT2D eigenvalue weighted by Gasteiger charge is 2.07. The van der Waals surface area contributed by atoms with Crippen molar-refractivity contribution in [3.05, 3.63) is 65.7 Å². The molecule has 0 fully saturated rings. The van der Waals surface area contributed by atoms with Crippen LogP contribution in [-0.2, 0) is 0 Å². The summed E-state index contributed by atoms with van der Waals surface area (Å²) in [5.74, 6) is 0.514. The molecule has 0 aliphatic rings. The molecule has 2 aromatic rings. The fraction of sp³-hybridized carbons (Fsp3) is 0.278. The van der Waals surface area contributed by atoms with Gasteiger partial charge in [0, 0.05) is 12.2 Å². The molecule has 0 bridgehead atoms. The van der Waals surface area contributed by atoms with Crippen molar-refractivity contribution in [2.24, 2.45) is 0 Å². The van der Waals surface area contributed by atoms with E-state index in [1.807, 2.05) is 42.5 Å². The monoisotopic (exact) mass is 314 g/mol. The summed E-state index contributed by atoms with van der Waals surface area (Å²) >= 11 is 5.26. The Morgan fingerprint density at radius 1 is 1.00 bits per heavy atom. The minimum atomic E-state index is -0.579. The number of aliphatic hydroxyl groups excluding tert-OH is 1. The molecule has 2 aromatic carbocycles. The van der Waals surface area contributed by atoms with Gasteiger partial charge in [-0.2, -0.15) is 0 Å². The van der Waals surface area contributed by atoms with E-state index < -0.39 is 6.10 Å². The van der Waals surface area contributed by atoms with Crippen LogP contribution in [0, 0.1) is 0 Å². The Hall–Kier alpha value is -1.91. The lowest BCUT2D eigenvalue weighted by Gasteiger charge is -2.15. The number of thiocarbonyl (C=S) groups is 1. The average molecular weight is 314 g/mol. The standard InChI is InChI=1S/C18H22N2OS/c1-13(2)14-8-10-16(11-9-14)20-18(22)19-12-17(21)15-6-4-3-5-7-15/h3-11,13,17,21H,12H2,1-2H3,(H2,19,20,22)/t17-/m0/s1. The van der Waals surface area contributed by atoms with Gasteiger partial charge >= 0.3 is 0 Å². The van der Waals surface area contributed by atoms with Crippen molar-refractivity contribution >= 4 is 23.0 Å². The highest BCUT2D eigenvalue weighted by atomic mass is 32.1. The molecular formula is C18H22N2OS. The second-order valence-corrected chi connectivity index (χ2v) is 5.95. The van der Waals surface area contributed by atoms with Gasteiger partial charge in [0.05, 0.1) is 6.10 Å². The quantitative estimate of drug-likeness (QED) is 0.734. The second-order valence-electron chi connectivity index (χ2n) is 5.54. The Balaban J connectivity index is 1.83. The van der Waals surface area contributed by atoms with Gasteiger partial charge in [-0.25, -0.2) is 0 Å². The lowest BCUT2D eigenvalue weighted by Crippen LogP contribution is -2.32.